The molecule has 0 radical (unpaired) electrons. The number of nitrogens with one attached hydrogen (secondary N) is 3. The number of methoxy groups -OCH3 is 2. The third kappa shape index (κ3) is 7.83. The molecule has 11 nitrogen and oxygen atoms in total. The van der Waals surface area contributed by atoms with E-state index < -0.39 is 41.3 Å². The summed E-state index contributed by atoms with van der Waals surface area (Å²) in [6.45, 7) is 2.11. The molecule has 286 valence electrons. The lowest BCUT2D eigenvalue weighted by Crippen LogP contribution is -2.51. The maximum absolute atomic E-state index is 14.5. The first-order valence-corrected chi connectivity index (χ1v) is 18.3. The molecule has 2 aromatic heterocycles. The van der Waals surface area contributed by atoms with Crippen molar-refractivity contribution >= 4 is 23.4 Å². The zero-order valence-electron chi connectivity index (χ0n) is 30.1. The number of carboxylic acids is 1. The standard InChI is InChI=1S/C39H42ClF3N6O5/c1-38(52)16-22(17-38)44-18-21-12-14-29(48-35(21)53-2)27-9-5-8-26(31(27)40)23-6-4-7-25-24(23)13-15-28(25)47-34-33(39(41,42)43)46-30(36(49-34)54-3)19-45-32(37(50)51)20-10-11-20/h4-9,12,14,20,22,28,32,44-45,52H,10-11,13,15-19H2,1-3H3,(H,47,49)(H,50,51)/t22-,28-,32?,38-/m0/s1. The molecular formula is C39H42ClF3N6O5. The molecule has 3 aliphatic rings. The first kappa shape index (κ1) is 37.8. The summed E-state index contributed by atoms with van der Waals surface area (Å²) >= 11 is 7.11. The highest BCUT2D eigenvalue weighted by molar-refractivity contribution is 6.36. The molecule has 0 aliphatic heterocycles. The number of carbonyl (C=O) groups is 1. The highest BCUT2D eigenvalue weighted by Crippen LogP contribution is 2.45. The fourth-order valence-corrected chi connectivity index (χ4v) is 7.94. The van der Waals surface area contributed by atoms with E-state index >= 15 is 0 Å². The first-order chi connectivity index (χ1) is 25.8. The topological polar surface area (TPSA) is 151 Å². The monoisotopic (exact) mass is 766 g/mol. The van der Waals surface area contributed by atoms with Crippen LogP contribution in [0.2, 0.25) is 5.02 Å². The highest BCUT2D eigenvalue weighted by Gasteiger charge is 2.41. The molecule has 2 aromatic carbocycles. The fraction of sp³-hybridized carbons (Fsp3) is 0.436. The Bertz CT molecular complexity index is 2050. The van der Waals surface area contributed by atoms with Crippen molar-refractivity contribution in [3.63, 3.8) is 0 Å². The molecule has 5 N–H and O–H groups in total. The van der Waals surface area contributed by atoms with Gasteiger partial charge in [-0.05, 0) is 74.1 Å². The smallest absolute Gasteiger partial charge is 0.437 e. The Labute approximate surface area is 315 Å². The first-order valence-electron chi connectivity index (χ1n) is 17.9. The van der Waals surface area contributed by atoms with Crippen molar-refractivity contribution in [3.8, 4) is 34.1 Å². The third-order valence-electron chi connectivity index (χ3n) is 10.5. The molecule has 15 heteroatoms. The molecule has 0 saturated heterocycles. The number of rotatable bonds is 14. The van der Waals surface area contributed by atoms with E-state index in [0.29, 0.717) is 54.4 Å². The zero-order chi connectivity index (χ0) is 38.4. The number of hydrogen-bond acceptors (Lipinski definition) is 10. The Morgan fingerprint density at radius 3 is 2.33 bits per heavy atom. The van der Waals surface area contributed by atoms with Gasteiger partial charge in [-0.2, -0.15) is 18.2 Å². The molecule has 0 amide bonds. The zero-order valence-corrected chi connectivity index (χ0v) is 30.8. The van der Waals surface area contributed by atoms with E-state index in [0.717, 1.165) is 40.7 Å². The number of carboxylic acid groups (broad SMARTS) is 1. The summed E-state index contributed by atoms with van der Waals surface area (Å²) in [6.07, 6.45) is -0.953. The molecule has 2 atom stereocenters. The van der Waals surface area contributed by atoms with Crippen LogP contribution in [0.3, 0.4) is 0 Å². The van der Waals surface area contributed by atoms with E-state index in [1.807, 2.05) is 55.5 Å². The lowest BCUT2D eigenvalue weighted by atomic mass is 9.77. The van der Waals surface area contributed by atoms with Gasteiger partial charge in [0.2, 0.25) is 11.8 Å². The van der Waals surface area contributed by atoms with Crippen LogP contribution in [-0.2, 0) is 30.5 Å². The van der Waals surface area contributed by atoms with Crippen LogP contribution in [0.5, 0.6) is 11.8 Å². The van der Waals surface area contributed by atoms with Gasteiger partial charge in [0.15, 0.2) is 11.5 Å². The van der Waals surface area contributed by atoms with Crippen LogP contribution in [0, 0.1) is 5.92 Å². The minimum atomic E-state index is -4.85. The third-order valence-corrected chi connectivity index (χ3v) is 10.9. The molecule has 54 heavy (non-hydrogen) atoms. The van der Waals surface area contributed by atoms with Gasteiger partial charge in [-0.25, -0.2) is 9.97 Å². The summed E-state index contributed by atoms with van der Waals surface area (Å²) in [7, 11) is 2.85. The number of hydrogen-bond donors (Lipinski definition) is 5. The van der Waals surface area contributed by atoms with Crippen LogP contribution in [0.15, 0.2) is 48.5 Å². The lowest BCUT2D eigenvalue weighted by Gasteiger charge is -2.41. The van der Waals surface area contributed by atoms with Crippen molar-refractivity contribution in [2.24, 2.45) is 5.92 Å². The molecular weight excluding hydrogens is 725 g/mol. The van der Waals surface area contributed by atoms with E-state index in [9.17, 15) is 28.2 Å². The molecule has 3 aliphatic carbocycles. The summed E-state index contributed by atoms with van der Waals surface area (Å²) in [5.74, 6) is -1.28. The average molecular weight is 767 g/mol. The van der Waals surface area contributed by atoms with Gasteiger partial charge in [0.1, 0.15) is 11.7 Å². The number of fused-ring (bicyclic) bond motifs is 1. The Hall–Kier alpha value is -4.50. The van der Waals surface area contributed by atoms with E-state index in [1.165, 1.54) is 7.11 Å². The maximum Gasteiger partial charge on any atom is 0.437 e. The van der Waals surface area contributed by atoms with E-state index in [4.69, 9.17) is 26.1 Å². The maximum atomic E-state index is 14.5. The molecule has 2 saturated carbocycles. The molecule has 0 spiro atoms. The summed E-state index contributed by atoms with van der Waals surface area (Å²) in [6, 6.07) is 14.0. The van der Waals surface area contributed by atoms with Crippen LogP contribution in [0.1, 0.15) is 73.1 Å². The number of benzene rings is 2. The highest BCUT2D eigenvalue weighted by atomic mass is 35.5. The minimum absolute atomic E-state index is 0.0773. The molecule has 2 fully saturated rings. The van der Waals surface area contributed by atoms with Gasteiger partial charge in [-0.15, -0.1) is 0 Å². The molecule has 1 unspecified atom stereocenters. The summed E-state index contributed by atoms with van der Waals surface area (Å²) in [5, 5.41) is 29.4. The number of halogens is 4. The second-order valence-corrected chi connectivity index (χ2v) is 14.9. The Morgan fingerprint density at radius 1 is 0.963 bits per heavy atom. The van der Waals surface area contributed by atoms with Crippen LogP contribution in [-0.4, -0.2) is 63.0 Å². The summed E-state index contributed by atoms with van der Waals surface area (Å²) in [4.78, 5) is 24.6. The second-order valence-electron chi connectivity index (χ2n) is 14.5. The number of ether oxygens (including phenoxy) is 2. The number of aliphatic hydroxyl groups is 1. The predicted octanol–water partition coefficient (Wildman–Crippen LogP) is 6.95. The van der Waals surface area contributed by atoms with Gasteiger partial charge >= 0.3 is 12.1 Å². The van der Waals surface area contributed by atoms with Crippen LogP contribution >= 0.6 is 11.6 Å². The van der Waals surface area contributed by atoms with Gasteiger partial charge in [0.05, 0.1) is 36.6 Å². The number of pyridine rings is 1. The normalized spacial score (nSPS) is 21.3. The van der Waals surface area contributed by atoms with Crippen molar-refractivity contribution in [3.05, 3.63) is 81.6 Å². The van der Waals surface area contributed by atoms with Gasteiger partial charge < -0.3 is 30.3 Å². The Morgan fingerprint density at radius 2 is 1.67 bits per heavy atom. The Kier molecular flexibility index (Phi) is 10.5. The quantitative estimate of drug-likeness (QED) is 0.0908. The summed E-state index contributed by atoms with van der Waals surface area (Å²) in [5.41, 5.74) is 3.61. The Balaban J connectivity index is 1.13. The SMILES string of the molecule is COc1nc(-c2cccc(-c3cccc4c3CC[C@@H]4Nc3nc(OC)c(CNC(C(=O)O)C4CC4)nc3C(F)(F)F)c2Cl)ccc1CN[C@H]1C[C@](C)(O)C1. The van der Waals surface area contributed by atoms with Gasteiger partial charge in [-0.3, -0.25) is 10.1 Å². The van der Waals surface area contributed by atoms with E-state index in [2.05, 4.69) is 25.9 Å². The number of alkyl halides is 3. The van der Waals surface area contributed by atoms with Gasteiger partial charge in [0.25, 0.3) is 0 Å². The van der Waals surface area contributed by atoms with Crippen LogP contribution in [0.25, 0.3) is 22.4 Å². The molecule has 7 rings (SSSR count). The van der Waals surface area contributed by atoms with Crippen molar-refractivity contribution in [1.82, 2.24) is 25.6 Å². The van der Waals surface area contributed by atoms with E-state index in [-0.39, 0.29) is 30.1 Å². The number of anilines is 1. The predicted molar refractivity (Wildman–Crippen MR) is 196 cm³/mol. The van der Waals surface area contributed by atoms with Crippen LogP contribution < -0.4 is 25.4 Å². The van der Waals surface area contributed by atoms with Crippen molar-refractivity contribution in [2.45, 2.75) is 88.4 Å². The van der Waals surface area contributed by atoms with Gasteiger partial charge in [-0.1, -0.05) is 54.1 Å². The van der Waals surface area contributed by atoms with Gasteiger partial charge in [0, 0.05) is 35.8 Å². The van der Waals surface area contributed by atoms with Crippen LogP contribution in [0.4, 0.5) is 19.0 Å². The average Bonchev–Trinajstić information content (AvgIpc) is 3.88. The molecule has 4 aromatic rings. The lowest BCUT2D eigenvalue weighted by molar-refractivity contribution is -0.141. The number of aromatic nitrogens is 3. The molecule has 2 heterocycles. The van der Waals surface area contributed by atoms with Crippen molar-refractivity contribution < 1.29 is 37.7 Å². The fourth-order valence-electron chi connectivity index (χ4n) is 7.61. The minimum Gasteiger partial charge on any atom is -0.481 e. The summed E-state index contributed by atoms with van der Waals surface area (Å²) < 4.78 is 54.3. The number of aliphatic carboxylic acids is 1. The second kappa shape index (κ2) is 15.0. The largest absolute Gasteiger partial charge is 0.481 e. The van der Waals surface area contributed by atoms with E-state index in [1.54, 1.807) is 7.11 Å². The van der Waals surface area contributed by atoms with Crippen molar-refractivity contribution in [2.75, 3.05) is 19.5 Å². The number of nitrogens with zero attached hydrogens (tertiary/aromatic N) is 3. The molecule has 0 bridgehead atoms. The van der Waals surface area contributed by atoms with Crippen molar-refractivity contribution in [1.29, 1.82) is 0 Å².